The highest BCUT2D eigenvalue weighted by molar-refractivity contribution is 6.04. The molecule has 2 aliphatic heterocycles. The van der Waals surface area contributed by atoms with E-state index in [1.165, 1.54) is 0 Å². The Labute approximate surface area is 83.2 Å². The van der Waals surface area contributed by atoms with Crippen molar-refractivity contribution in [2.45, 2.75) is 13.3 Å². The Balaban J connectivity index is 0.000000845. The van der Waals surface area contributed by atoms with E-state index in [1.54, 1.807) is 0 Å². The summed E-state index contributed by atoms with van der Waals surface area (Å²) in [7, 11) is 0. The van der Waals surface area contributed by atoms with E-state index >= 15 is 0 Å². The average Bonchev–Trinajstić information content (AvgIpc) is 2.03. The van der Waals surface area contributed by atoms with E-state index in [0.29, 0.717) is 6.42 Å². The molecule has 2 aliphatic rings. The maximum absolute atomic E-state index is 11.0. The molecule has 4 heteroatoms. The Bertz CT molecular complexity index is 318. The van der Waals surface area contributed by atoms with Gasteiger partial charge in [0.1, 0.15) is 5.84 Å². The molecule has 0 aliphatic carbocycles. The fraction of sp³-hybridized carbons (Fsp3) is 0.333. The zero-order valence-electron chi connectivity index (χ0n) is 7.33. The van der Waals surface area contributed by atoms with E-state index < -0.39 is 0 Å². The van der Waals surface area contributed by atoms with Gasteiger partial charge in [-0.2, -0.15) is 4.99 Å². The van der Waals surface area contributed by atoms with Crippen LogP contribution in [0.25, 0.3) is 0 Å². The Hall–Kier alpha value is -1.09. The van der Waals surface area contributed by atoms with Gasteiger partial charge < -0.3 is 17.3 Å². The first-order valence-electron chi connectivity index (χ1n) is 4.00. The van der Waals surface area contributed by atoms with Crippen LogP contribution in [0.15, 0.2) is 28.9 Å². The first-order valence-corrected chi connectivity index (χ1v) is 4.00. The number of nitrogens with zero attached hydrogens (tertiary/aromatic N) is 2. The molecule has 0 saturated carbocycles. The summed E-state index contributed by atoms with van der Waals surface area (Å²) in [6.45, 7) is 2.76. The van der Waals surface area contributed by atoms with Gasteiger partial charge in [0.2, 0.25) is 5.91 Å². The lowest BCUT2D eigenvalue weighted by Crippen LogP contribution is -3.00. The van der Waals surface area contributed by atoms with Crippen molar-refractivity contribution < 1.29 is 17.2 Å². The predicted molar refractivity (Wildman–Crippen MR) is 46.7 cm³/mol. The third-order valence-electron chi connectivity index (χ3n) is 1.97. The summed E-state index contributed by atoms with van der Waals surface area (Å²) in [6, 6.07) is 0. The van der Waals surface area contributed by atoms with Gasteiger partial charge in [-0.25, -0.2) is 0 Å². The highest BCUT2D eigenvalue weighted by Gasteiger charge is 2.17. The lowest BCUT2D eigenvalue weighted by atomic mass is 10.2. The van der Waals surface area contributed by atoms with Crippen molar-refractivity contribution >= 4 is 11.7 Å². The number of hydrogen-bond acceptors (Lipinski definition) is 2. The summed E-state index contributed by atoms with van der Waals surface area (Å²) in [5.41, 5.74) is 1.14. The third kappa shape index (κ3) is 1.98. The molecule has 0 unspecified atom stereocenters. The number of fused-ring (bicyclic) bond motifs is 1. The van der Waals surface area contributed by atoms with E-state index in [0.717, 1.165) is 18.0 Å². The van der Waals surface area contributed by atoms with Gasteiger partial charge in [0.05, 0.1) is 0 Å². The van der Waals surface area contributed by atoms with E-state index in [-0.39, 0.29) is 18.3 Å². The van der Waals surface area contributed by atoms with Crippen molar-refractivity contribution in [3.8, 4) is 0 Å². The smallest absolute Gasteiger partial charge is 0.249 e. The summed E-state index contributed by atoms with van der Waals surface area (Å²) < 4.78 is 0. The van der Waals surface area contributed by atoms with Gasteiger partial charge in [0, 0.05) is 19.2 Å². The SMILES string of the molecule is CC1=CC2=NC(=O)CCN2C=C1.[Cl-]. The van der Waals surface area contributed by atoms with Crippen molar-refractivity contribution in [2.75, 3.05) is 6.54 Å². The van der Waals surface area contributed by atoms with Gasteiger partial charge in [-0.1, -0.05) is 0 Å². The van der Waals surface area contributed by atoms with Crippen molar-refractivity contribution in [3.05, 3.63) is 23.9 Å². The molecule has 0 fully saturated rings. The predicted octanol–water partition coefficient (Wildman–Crippen LogP) is -1.91. The number of aliphatic imine (C=N–C) groups is 1. The molecule has 0 spiro atoms. The molecule has 2 rings (SSSR count). The fourth-order valence-corrected chi connectivity index (χ4v) is 1.30. The van der Waals surface area contributed by atoms with Gasteiger partial charge in [-0.3, -0.25) is 4.79 Å². The number of hydrogen-bond donors (Lipinski definition) is 0. The number of amidine groups is 1. The fourth-order valence-electron chi connectivity index (χ4n) is 1.30. The quantitative estimate of drug-likeness (QED) is 0.454. The Morgan fingerprint density at radius 2 is 2.31 bits per heavy atom. The van der Waals surface area contributed by atoms with Gasteiger partial charge in [0.15, 0.2) is 0 Å². The first kappa shape index (κ1) is 9.99. The van der Waals surface area contributed by atoms with Crippen LogP contribution >= 0.6 is 0 Å². The molecule has 0 bridgehead atoms. The van der Waals surface area contributed by atoms with E-state index in [9.17, 15) is 4.79 Å². The van der Waals surface area contributed by atoms with Gasteiger partial charge in [-0.05, 0) is 24.6 Å². The molecule has 70 valence electrons. The van der Waals surface area contributed by atoms with Crippen molar-refractivity contribution in [1.82, 2.24) is 4.90 Å². The Morgan fingerprint density at radius 3 is 3.08 bits per heavy atom. The lowest BCUT2D eigenvalue weighted by Gasteiger charge is -2.25. The number of amides is 1. The molecule has 0 aromatic rings. The average molecular weight is 198 g/mol. The van der Waals surface area contributed by atoms with Crippen LogP contribution in [0, 0.1) is 0 Å². The van der Waals surface area contributed by atoms with Crippen LogP contribution in [0.5, 0.6) is 0 Å². The van der Waals surface area contributed by atoms with Gasteiger partial charge in [0.25, 0.3) is 0 Å². The summed E-state index contributed by atoms with van der Waals surface area (Å²) in [4.78, 5) is 16.9. The van der Waals surface area contributed by atoms with Crippen LogP contribution in [-0.2, 0) is 4.79 Å². The van der Waals surface area contributed by atoms with E-state index in [4.69, 9.17) is 0 Å². The minimum absolute atomic E-state index is 0. The molecular formula is C9H10ClN2O-. The molecular weight excluding hydrogens is 188 g/mol. The lowest BCUT2D eigenvalue weighted by molar-refractivity contribution is -0.118. The molecule has 2 heterocycles. The second-order valence-electron chi connectivity index (χ2n) is 3.01. The standard InChI is InChI=1S/C9H10N2O.ClH/c1-7-2-4-11-5-3-9(12)10-8(11)6-7;/h2,4,6H,3,5H2,1H3;1H/p-1. The molecule has 0 atom stereocenters. The van der Waals surface area contributed by atoms with Crippen molar-refractivity contribution in [2.24, 2.45) is 4.99 Å². The van der Waals surface area contributed by atoms with E-state index in [2.05, 4.69) is 4.99 Å². The number of rotatable bonds is 0. The summed E-state index contributed by atoms with van der Waals surface area (Å²) in [5, 5.41) is 0. The normalized spacial score (nSPS) is 20.1. The summed E-state index contributed by atoms with van der Waals surface area (Å²) in [5.74, 6) is 0.770. The second kappa shape index (κ2) is 3.75. The monoisotopic (exact) mass is 197 g/mol. The molecule has 0 N–H and O–H groups in total. The summed E-state index contributed by atoms with van der Waals surface area (Å²) in [6.07, 6.45) is 6.45. The minimum Gasteiger partial charge on any atom is -1.00 e. The molecule has 3 nitrogen and oxygen atoms in total. The van der Waals surface area contributed by atoms with Gasteiger partial charge >= 0.3 is 0 Å². The molecule has 0 saturated heterocycles. The molecule has 0 radical (unpaired) electrons. The maximum Gasteiger partial charge on any atom is 0.249 e. The van der Waals surface area contributed by atoms with Crippen LogP contribution in [0.4, 0.5) is 0 Å². The van der Waals surface area contributed by atoms with Crippen LogP contribution in [-0.4, -0.2) is 23.2 Å². The molecule has 1 amide bonds. The third-order valence-corrected chi connectivity index (χ3v) is 1.97. The van der Waals surface area contributed by atoms with Crippen LogP contribution in [0.3, 0.4) is 0 Å². The Morgan fingerprint density at radius 1 is 1.54 bits per heavy atom. The number of carbonyl (C=O) groups is 1. The zero-order chi connectivity index (χ0) is 8.55. The summed E-state index contributed by atoms with van der Waals surface area (Å²) >= 11 is 0. The number of halogens is 1. The van der Waals surface area contributed by atoms with Crippen LogP contribution in [0.1, 0.15) is 13.3 Å². The van der Waals surface area contributed by atoms with Crippen molar-refractivity contribution in [1.29, 1.82) is 0 Å². The minimum atomic E-state index is -0.0133. The zero-order valence-corrected chi connectivity index (χ0v) is 8.08. The number of allylic oxidation sites excluding steroid dienone is 2. The highest BCUT2D eigenvalue weighted by atomic mass is 35.5. The second-order valence-corrected chi connectivity index (χ2v) is 3.01. The molecule has 13 heavy (non-hydrogen) atoms. The first-order chi connectivity index (χ1) is 5.75. The van der Waals surface area contributed by atoms with Crippen LogP contribution < -0.4 is 12.4 Å². The Kier molecular flexibility index (Phi) is 2.88. The largest absolute Gasteiger partial charge is 1.00 e. The highest BCUT2D eigenvalue weighted by Crippen LogP contribution is 2.13. The van der Waals surface area contributed by atoms with E-state index in [1.807, 2.05) is 30.2 Å². The van der Waals surface area contributed by atoms with Gasteiger partial charge in [-0.15, -0.1) is 0 Å². The van der Waals surface area contributed by atoms with Crippen LogP contribution in [0.2, 0.25) is 0 Å². The van der Waals surface area contributed by atoms with Crippen molar-refractivity contribution in [3.63, 3.8) is 0 Å². The number of carbonyl (C=O) groups excluding carboxylic acids is 1. The molecule has 0 aromatic heterocycles. The maximum atomic E-state index is 11.0. The topological polar surface area (TPSA) is 32.7 Å². The molecule has 0 aromatic carbocycles.